The van der Waals surface area contributed by atoms with Gasteiger partial charge in [0.2, 0.25) is 17.3 Å². The number of nitrogens with zero attached hydrogens (tertiary/aromatic N) is 4. The lowest BCUT2D eigenvalue weighted by Crippen LogP contribution is -2.38. The van der Waals surface area contributed by atoms with E-state index in [-0.39, 0.29) is 5.91 Å². The summed E-state index contributed by atoms with van der Waals surface area (Å²) in [7, 11) is 0. The van der Waals surface area contributed by atoms with E-state index in [1.54, 1.807) is 17.0 Å². The van der Waals surface area contributed by atoms with Crippen molar-refractivity contribution < 1.29 is 9.53 Å². The van der Waals surface area contributed by atoms with Crippen molar-refractivity contribution in [2.24, 2.45) is 0 Å². The van der Waals surface area contributed by atoms with Gasteiger partial charge >= 0.3 is 0 Å². The first-order chi connectivity index (χ1) is 15.7. The molecule has 0 spiro atoms. The van der Waals surface area contributed by atoms with Crippen LogP contribution in [0.4, 0.5) is 5.69 Å². The van der Waals surface area contributed by atoms with E-state index in [4.69, 9.17) is 4.74 Å². The number of aromatic nitrogens is 3. The fourth-order valence-corrected chi connectivity index (χ4v) is 4.40. The number of carbonyl (C=O) groups excluding carboxylic acids is 1. The number of para-hydroxylation sites is 1. The quantitative estimate of drug-likeness (QED) is 0.330. The molecule has 0 radical (unpaired) electrons. The predicted octanol–water partition coefficient (Wildman–Crippen LogP) is 5.76. The van der Waals surface area contributed by atoms with Gasteiger partial charge in [-0.05, 0) is 30.5 Å². The highest BCUT2D eigenvalue weighted by atomic mass is 79.9. The van der Waals surface area contributed by atoms with Crippen molar-refractivity contribution in [3.05, 3.63) is 94.5 Å². The van der Waals surface area contributed by atoms with Crippen LogP contribution in [-0.4, -0.2) is 27.3 Å². The Hall–Kier alpha value is -3.23. The molecule has 32 heavy (non-hydrogen) atoms. The Balaban J connectivity index is 1.78. The number of anilines is 1. The molecule has 6 nitrogen and oxygen atoms in total. The lowest BCUT2D eigenvalue weighted by molar-refractivity contribution is 0.0909. The minimum Gasteiger partial charge on any atom is -0.447 e. The largest absolute Gasteiger partial charge is 0.447 e. The van der Waals surface area contributed by atoms with Gasteiger partial charge in [-0.15, -0.1) is 10.2 Å². The van der Waals surface area contributed by atoms with Gasteiger partial charge in [0, 0.05) is 21.2 Å². The monoisotopic (exact) mass is 504 g/mol. The molecule has 1 aliphatic rings. The molecule has 1 amide bonds. The molecule has 3 aromatic carbocycles. The maximum absolute atomic E-state index is 13.9. The van der Waals surface area contributed by atoms with Gasteiger partial charge in [-0.2, -0.15) is 4.98 Å². The van der Waals surface area contributed by atoms with Gasteiger partial charge in [0.1, 0.15) is 0 Å². The molecule has 1 unspecified atom stereocenters. The average molecular weight is 505 g/mol. The summed E-state index contributed by atoms with van der Waals surface area (Å²) in [6, 6.07) is 24.4. The molecular formula is C24H17BrN4O2S. The van der Waals surface area contributed by atoms with E-state index >= 15 is 0 Å². The van der Waals surface area contributed by atoms with Crippen LogP contribution in [0.5, 0.6) is 5.88 Å². The van der Waals surface area contributed by atoms with Gasteiger partial charge in [-0.1, -0.05) is 82.3 Å². The molecule has 1 aliphatic heterocycles. The lowest BCUT2D eigenvalue weighted by atomic mass is 10.1. The van der Waals surface area contributed by atoms with Crippen LogP contribution in [0.25, 0.3) is 11.3 Å². The summed E-state index contributed by atoms with van der Waals surface area (Å²) < 4.78 is 7.28. The van der Waals surface area contributed by atoms with Crippen molar-refractivity contribution in [3.8, 4) is 17.1 Å². The second-order valence-electron chi connectivity index (χ2n) is 7.00. The van der Waals surface area contributed by atoms with E-state index in [0.717, 1.165) is 15.6 Å². The summed E-state index contributed by atoms with van der Waals surface area (Å²) in [6.07, 6.45) is 1.11. The summed E-state index contributed by atoms with van der Waals surface area (Å²) >= 11 is 5.01. The number of halogens is 1. The van der Waals surface area contributed by atoms with Crippen molar-refractivity contribution in [1.29, 1.82) is 0 Å². The van der Waals surface area contributed by atoms with Crippen LogP contribution in [0.1, 0.15) is 22.1 Å². The first kappa shape index (κ1) is 20.7. The minimum absolute atomic E-state index is 0.190. The highest BCUT2D eigenvalue weighted by molar-refractivity contribution is 9.10. The zero-order valence-corrected chi connectivity index (χ0v) is 19.4. The number of amides is 1. The predicted molar refractivity (Wildman–Crippen MR) is 128 cm³/mol. The van der Waals surface area contributed by atoms with Crippen molar-refractivity contribution in [1.82, 2.24) is 15.2 Å². The van der Waals surface area contributed by atoms with Crippen LogP contribution in [0.15, 0.2) is 88.5 Å². The molecule has 8 heteroatoms. The van der Waals surface area contributed by atoms with Crippen LogP contribution < -0.4 is 9.64 Å². The van der Waals surface area contributed by atoms with E-state index in [0.29, 0.717) is 28.0 Å². The van der Waals surface area contributed by atoms with Crippen LogP contribution in [-0.2, 0) is 0 Å². The van der Waals surface area contributed by atoms with Gasteiger partial charge in [0.25, 0.3) is 5.91 Å². The molecule has 1 atom stereocenters. The molecule has 0 aliphatic carbocycles. The van der Waals surface area contributed by atoms with E-state index in [1.165, 1.54) is 11.8 Å². The van der Waals surface area contributed by atoms with Gasteiger partial charge in [0.05, 0.1) is 5.69 Å². The van der Waals surface area contributed by atoms with Gasteiger partial charge < -0.3 is 4.74 Å². The third kappa shape index (κ3) is 3.65. The van der Waals surface area contributed by atoms with Crippen LogP contribution >= 0.6 is 27.7 Å². The standard InChI is InChI=1S/C24H17BrN4O2S/c1-32-24-26-21-20(27-28-24)17-12-6-8-14-19(17)29(22(30)15-9-3-2-4-10-15)23(31-21)16-11-5-7-13-18(16)25/h2-14,23H,1H3. The fourth-order valence-electron chi connectivity index (χ4n) is 3.62. The minimum atomic E-state index is -0.771. The number of fused-ring (bicyclic) bond motifs is 3. The number of thioether (sulfide) groups is 1. The smallest absolute Gasteiger partial charge is 0.261 e. The van der Waals surface area contributed by atoms with E-state index in [2.05, 4.69) is 31.1 Å². The molecular weight excluding hydrogens is 488 g/mol. The summed E-state index contributed by atoms with van der Waals surface area (Å²) in [5.41, 5.74) is 3.25. The zero-order valence-electron chi connectivity index (χ0n) is 17.0. The second-order valence-corrected chi connectivity index (χ2v) is 8.63. The summed E-state index contributed by atoms with van der Waals surface area (Å²) in [6.45, 7) is 0. The Bertz CT molecular complexity index is 1300. The van der Waals surface area contributed by atoms with Crippen LogP contribution in [0.3, 0.4) is 0 Å². The van der Waals surface area contributed by atoms with Crippen molar-refractivity contribution in [3.63, 3.8) is 0 Å². The number of benzene rings is 3. The molecule has 158 valence electrons. The Morgan fingerprint density at radius 3 is 2.47 bits per heavy atom. The Kier molecular flexibility index (Phi) is 5.63. The van der Waals surface area contributed by atoms with Crippen molar-refractivity contribution in [2.75, 3.05) is 11.2 Å². The molecule has 4 aromatic rings. The van der Waals surface area contributed by atoms with E-state index in [1.807, 2.05) is 73.0 Å². The van der Waals surface area contributed by atoms with E-state index < -0.39 is 6.23 Å². The SMILES string of the molecule is CSc1nnc2c(n1)OC(c1ccccc1Br)N(C(=O)c1ccccc1)c1ccccc1-2. The van der Waals surface area contributed by atoms with Crippen LogP contribution in [0, 0.1) is 0 Å². The number of carbonyl (C=O) groups is 1. The Morgan fingerprint density at radius 2 is 1.69 bits per heavy atom. The molecule has 0 fully saturated rings. The van der Waals surface area contributed by atoms with Gasteiger partial charge in [-0.25, -0.2) is 0 Å². The third-order valence-electron chi connectivity index (χ3n) is 5.11. The number of hydrogen-bond donors (Lipinski definition) is 0. The molecule has 0 saturated heterocycles. The van der Waals surface area contributed by atoms with Crippen molar-refractivity contribution in [2.45, 2.75) is 11.4 Å². The first-order valence-corrected chi connectivity index (χ1v) is 11.9. The molecule has 0 N–H and O–H groups in total. The van der Waals surface area contributed by atoms with Gasteiger partial charge in [0.15, 0.2) is 5.69 Å². The highest BCUT2D eigenvalue weighted by Crippen LogP contribution is 2.44. The maximum Gasteiger partial charge on any atom is 0.261 e. The lowest BCUT2D eigenvalue weighted by Gasteiger charge is -2.31. The average Bonchev–Trinajstić information content (AvgIpc) is 2.98. The topological polar surface area (TPSA) is 68.2 Å². The second kappa shape index (κ2) is 8.72. The summed E-state index contributed by atoms with van der Waals surface area (Å²) in [5.74, 6) is 0.144. The molecule has 0 bridgehead atoms. The summed E-state index contributed by atoms with van der Waals surface area (Å²) in [5, 5.41) is 9.10. The third-order valence-corrected chi connectivity index (χ3v) is 6.37. The fraction of sp³-hybridized carbons (Fsp3) is 0.0833. The van der Waals surface area contributed by atoms with Crippen LogP contribution in [0.2, 0.25) is 0 Å². The number of ether oxygens (including phenoxy) is 1. The molecule has 1 aromatic heterocycles. The van der Waals surface area contributed by atoms with Crippen molar-refractivity contribution >= 4 is 39.3 Å². The summed E-state index contributed by atoms with van der Waals surface area (Å²) in [4.78, 5) is 20.1. The Morgan fingerprint density at radius 1 is 0.969 bits per heavy atom. The van der Waals surface area contributed by atoms with E-state index in [9.17, 15) is 4.79 Å². The highest BCUT2D eigenvalue weighted by Gasteiger charge is 2.37. The number of rotatable bonds is 3. The molecule has 2 heterocycles. The molecule has 0 saturated carbocycles. The zero-order chi connectivity index (χ0) is 22.1. The first-order valence-electron chi connectivity index (χ1n) is 9.85. The molecule has 5 rings (SSSR count). The number of hydrogen-bond acceptors (Lipinski definition) is 6. The Labute approximate surface area is 197 Å². The van der Waals surface area contributed by atoms with Gasteiger partial charge in [-0.3, -0.25) is 9.69 Å². The normalized spacial score (nSPS) is 14.7. The maximum atomic E-state index is 13.9.